The standard InChI is InChI=1S/C16H19N3O2/c1-3-13(20-10-1)11-14-18-15(19-21-14)16(6-2-7-16)12-4-8-17-9-5-12/h4-5,8-9,13H,1-3,6-7,10-11H2. The van der Waals surface area contributed by atoms with E-state index in [4.69, 9.17) is 9.26 Å². The summed E-state index contributed by atoms with van der Waals surface area (Å²) in [5.74, 6) is 1.53. The lowest BCUT2D eigenvalue weighted by Crippen LogP contribution is -2.36. The Labute approximate surface area is 123 Å². The molecule has 5 nitrogen and oxygen atoms in total. The Kier molecular flexibility index (Phi) is 3.22. The molecule has 21 heavy (non-hydrogen) atoms. The fourth-order valence-corrected chi connectivity index (χ4v) is 3.37. The maximum absolute atomic E-state index is 5.64. The van der Waals surface area contributed by atoms with Crippen LogP contribution in [0.1, 0.15) is 49.4 Å². The summed E-state index contributed by atoms with van der Waals surface area (Å²) < 4.78 is 11.1. The molecule has 1 aliphatic heterocycles. The summed E-state index contributed by atoms with van der Waals surface area (Å²) in [5, 5.41) is 4.27. The minimum Gasteiger partial charge on any atom is -0.378 e. The van der Waals surface area contributed by atoms with E-state index in [0.29, 0.717) is 5.89 Å². The molecule has 3 heterocycles. The molecule has 1 aliphatic carbocycles. The molecule has 110 valence electrons. The van der Waals surface area contributed by atoms with Crippen LogP contribution in [0.25, 0.3) is 0 Å². The summed E-state index contributed by atoms with van der Waals surface area (Å²) in [7, 11) is 0. The molecule has 1 atom stereocenters. The molecule has 0 spiro atoms. The first kappa shape index (κ1) is 13.0. The third-order valence-corrected chi connectivity index (χ3v) is 4.76. The van der Waals surface area contributed by atoms with Crippen molar-refractivity contribution in [3.05, 3.63) is 41.8 Å². The van der Waals surface area contributed by atoms with E-state index < -0.39 is 0 Å². The maximum atomic E-state index is 5.64. The van der Waals surface area contributed by atoms with Gasteiger partial charge in [0.25, 0.3) is 0 Å². The average molecular weight is 285 g/mol. The number of hydrogen-bond donors (Lipinski definition) is 0. The van der Waals surface area contributed by atoms with E-state index in [9.17, 15) is 0 Å². The monoisotopic (exact) mass is 285 g/mol. The number of pyridine rings is 1. The van der Waals surface area contributed by atoms with E-state index >= 15 is 0 Å². The molecule has 0 aromatic carbocycles. The van der Waals surface area contributed by atoms with Crippen molar-refractivity contribution in [2.75, 3.05) is 6.61 Å². The summed E-state index contributed by atoms with van der Waals surface area (Å²) in [6, 6.07) is 4.13. The van der Waals surface area contributed by atoms with Crippen LogP contribution in [0.2, 0.25) is 0 Å². The minimum absolute atomic E-state index is 0.0682. The number of hydrogen-bond acceptors (Lipinski definition) is 5. The predicted octanol–water partition coefficient (Wildman–Crippen LogP) is 2.66. The highest BCUT2D eigenvalue weighted by Gasteiger charge is 2.44. The van der Waals surface area contributed by atoms with Gasteiger partial charge < -0.3 is 9.26 Å². The second-order valence-electron chi connectivity index (χ2n) is 6.02. The third-order valence-electron chi connectivity index (χ3n) is 4.76. The van der Waals surface area contributed by atoms with Crippen molar-refractivity contribution in [2.24, 2.45) is 0 Å². The van der Waals surface area contributed by atoms with Crippen LogP contribution in [-0.2, 0) is 16.6 Å². The van der Waals surface area contributed by atoms with E-state index in [2.05, 4.69) is 27.3 Å². The molecule has 0 N–H and O–H groups in total. The van der Waals surface area contributed by atoms with E-state index in [0.717, 1.165) is 44.5 Å². The zero-order valence-electron chi connectivity index (χ0n) is 12.0. The summed E-state index contributed by atoms with van der Waals surface area (Å²) in [4.78, 5) is 8.77. The first-order valence-electron chi connectivity index (χ1n) is 7.72. The minimum atomic E-state index is -0.0682. The van der Waals surface area contributed by atoms with Crippen molar-refractivity contribution in [1.82, 2.24) is 15.1 Å². The van der Waals surface area contributed by atoms with E-state index in [1.807, 2.05) is 12.4 Å². The van der Waals surface area contributed by atoms with Gasteiger partial charge in [-0.15, -0.1) is 0 Å². The van der Waals surface area contributed by atoms with Crippen LogP contribution in [0.15, 0.2) is 29.0 Å². The van der Waals surface area contributed by atoms with Gasteiger partial charge in [0, 0.05) is 19.0 Å². The smallest absolute Gasteiger partial charge is 0.229 e. The van der Waals surface area contributed by atoms with Gasteiger partial charge in [-0.3, -0.25) is 4.98 Å². The van der Waals surface area contributed by atoms with Crippen molar-refractivity contribution in [3.8, 4) is 0 Å². The molecule has 1 saturated carbocycles. The lowest BCUT2D eigenvalue weighted by molar-refractivity contribution is 0.104. The Morgan fingerprint density at radius 2 is 2.05 bits per heavy atom. The summed E-state index contributed by atoms with van der Waals surface area (Å²) in [6.07, 6.45) is 10.2. The van der Waals surface area contributed by atoms with Gasteiger partial charge in [0.1, 0.15) is 0 Å². The number of aromatic nitrogens is 3. The second-order valence-corrected chi connectivity index (χ2v) is 6.02. The highest BCUT2D eigenvalue weighted by atomic mass is 16.5. The quantitative estimate of drug-likeness (QED) is 0.864. The Morgan fingerprint density at radius 3 is 2.71 bits per heavy atom. The molecule has 2 aromatic rings. The van der Waals surface area contributed by atoms with Crippen molar-refractivity contribution >= 4 is 0 Å². The first-order chi connectivity index (χ1) is 10.4. The van der Waals surface area contributed by atoms with Gasteiger partial charge in [-0.1, -0.05) is 11.6 Å². The predicted molar refractivity (Wildman–Crippen MR) is 75.8 cm³/mol. The van der Waals surface area contributed by atoms with Crippen LogP contribution in [0.5, 0.6) is 0 Å². The zero-order valence-corrected chi connectivity index (χ0v) is 12.0. The van der Waals surface area contributed by atoms with Gasteiger partial charge >= 0.3 is 0 Å². The normalized spacial score (nSPS) is 23.9. The molecule has 2 fully saturated rings. The molecular formula is C16H19N3O2. The fraction of sp³-hybridized carbons (Fsp3) is 0.562. The van der Waals surface area contributed by atoms with Crippen LogP contribution >= 0.6 is 0 Å². The SMILES string of the molecule is c1cc(C2(c3noc(CC4CCCO4)n3)CCC2)ccn1. The van der Waals surface area contributed by atoms with Gasteiger partial charge in [-0.25, -0.2) is 0 Å². The highest BCUT2D eigenvalue weighted by molar-refractivity contribution is 5.34. The molecule has 2 aromatic heterocycles. The molecule has 5 heteroatoms. The maximum Gasteiger partial charge on any atom is 0.229 e. The molecule has 0 radical (unpaired) electrons. The van der Waals surface area contributed by atoms with Gasteiger partial charge in [0.2, 0.25) is 5.89 Å². The topological polar surface area (TPSA) is 61.0 Å². The summed E-state index contributed by atoms with van der Waals surface area (Å²) in [5.41, 5.74) is 1.18. The van der Waals surface area contributed by atoms with Crippen molar-refractivity contribution < 1.29 is 9.26 Å². The van der Waals surface area contributed by atoms with Crippen LogP contribution < -0.4 is 0 Å². The summed E-state index contributed by atoms with van der Waals surface area (Å²) >= 11 is 0. The molecular weight excluding hydrogens is 266 g/mol. The number of ether oxygens (including phenoxy) is 1. The number of nitrogens with zero attached hydrogens (tertiary/aromatic N) is 3. The molecule has 0 amide bonds. The number of rotatable bonds is 4. The zero-order chi connectivity index (χ0) is 14.1. The fourth-order valence-electron chi connectivity index (χ4n) is 3.37. The van der Waals surface area contributed by atoms with Crippen LogP contribution in [-0.4, -0.2) is 27.8 Å². The largest absolute Gasteiger partial charge is 0.378 e. The van der Waals surface area contributed by atoms with Gasteiger partial charge in [0.15, 0.2) is 5.82 Å². The Bertz CT molecular complexity index is 601. The second kappa shape index (κ2) is 5.22. The van der Waals surface area contributed by atoms with Crippen molar-refractivity contribution in [2.45, 2.75) is 50.0 Å². The van der Waals surface area contributed by atoms with E-state index in [1.165, 1.54) is 12.0 Å². The molecule has 1 unspecified atom stereocenters. The lowest BCUT2D eigenvalue weighted by Gasteiger charge is -2.39. The molecule has 4 rings (SSSR count). The average Bonchev–Trinajstić information content (AvgIpc) is 3.12. The van der Waals surface area contributed by atoms with E-state index in [-0.39, 0.29) is 11.5 Å². The molecule has 2 aliphatic rings. The van der Waals surface area contributed by atoms with Crippen LogP contribution in [0.4, 0.5) is 0 Å². The first-order valence-corrected chi connectivity index (χ1v) is 7.72. The Hall–Kier alpha value is -1.75. The van der Waals surface area contributed by atoms with Crippen LogP contribution in [0, 0.1) is 0 Å². The lowest BCUT2D eigenvalue weighted by atomic mass is 9.64. The van der Waals surface area contributed by atoms with Crippen molar-refractivity contribution in [3.63, 3.8) is 0 Å². The highest BCUT2D eigenvalue weighted by Crippen LogP contribution is 2.47. The Balaban J connectivity index is 1.58. The summed E-state index contributed by atoms with van der Waals surface area (Å²) in [6.45, 7) is 0.854. The van der Waals surface area contributed by atoms with Crippen molar-refractivity contribution in [1.29, 1.82) is 0 Å². The van der Waals surface area contributed by atoms with Gasteiger partial charge in [0.05, 0.1) is 17.9 Å². The molecule has 0 bridgehead atoms. The van der Waals surface area contributed by atoms with Crippen LogP contribution in [0.3, 0.4) is 0 Å². The van der Waals surface area contributed by atoms with Gasteiger partial charge in [-0.2, -0.15) is 4.98 Å². The molecule has 1 saturated heterocycles. The Morgan fingerprint density at radius 1 is 1.19 bits per heavy atom. The van der Waals surface area contributed by atoms with Gasteiger partial charge in [-0.05, 0) is 43.4 Å². The third kappa shape index (κ3) is 2.25. The van der Waals surface area contributed by atoms with E-state index in [1.54, 1.807) is 0 Å².